The Morgan fingerprint density at radius 1 is 0.733 bits per heavy atom. The number of nitrogens with zero attached hydrogens (tertiary/aromatic N) is 1. The summed E-state index contributed by atoms with van der Waals surface area (Å²) in [4.78, 5) is 95.1. The summed E-state index contributed by atoms with van der Waals surface area (Å²) in [7, 11) is 1.43. The Morgan fingerprint density at radius 3 is 1.95 bits per heavy atom. The molecular weight excluding hydrogens is 775 g/mol. The first-order valence-corrected chi connectivity index (χ1v) is 19.6. The summed E-state index contributed by atoms with van der Waals surface area (Å²) in [6, 6.07) is 14.3. The molecule has 324 valence electrons. The fourth-order valence-corrected chi connectivity index (χ4v) is 6.00. The highest BCUT2D eigenvalue weighted by molar-refractivity contribution is 5.98. The second-order valence-electron chi connectivity index (χ2n) is 14.5. The zero-order chi connectivity index (χ0) is 44.5. The van der Waals surface area contributed by atoms with Gasteiger partial charge in [0.05, 0.1) is 19.6 Å². The molecule has 0 aliphatic heterocycles. The van der Waals surface area contributed by atoms with Crippen LogP contribution in [-0.4, -0.2) is 99.2 Å². The van der Waals surface area contributed by atoms with Gasteiger partial charge in [0.25, 0.3) is 11.8 Å². The summed E-state index contributed by atoms with van der Waals surface area (Å²) >= 11 is 0. The number of likely N-dealkylation sites (N-methyl/N-ethyl adjacent to an activating group) is 1. The molecule has 0 radical (unpaired) electrons. The van der Waals surface area contributed by atoms with Crippen LogP contribution in [0, 0.1) is 25.7 Å². The zero-order valence-corrected chi connectivity index (χ0v) is 35.3. The summed E-state index contributed by atoms with van der Waals surface area (Å²) in [6.07, 6.45) is 0.222. The van der Waals surface area contributed by atoms with Gasteiger partial charge in [-0.2, -0.15) is 5.48 Å². The molecule has 0 fully saturated rings. The molecule has 0 saturated carbocycles. The van der Waals surface area contributed by atoms with Crippen molar-refractivity contribution in [1.29, 1.82) is 0 Å². The van der Waals surface area contributed by atoms with Gasteiger partial charge in [-0.25, -0.2) is 0 Å². The van der Waals surface area contributed by atoms with Crippen molar-refractivity contribution in [2.24, 2.45) is 23.3 Å². The fraction of sp³-hybridized carbons (Fsp3) is 0.419. The molecule has 3 rings (SSSR count). The first-order chi connectivity index (χ1) is 28.5. The van der Waals surface area contributed by atoms with Gasteiger partial charge in [-0.15, -0.1) is 0 Å². The lowest BCUT2D eigenvalue weighted by atomic mass is 9.93. The standard InChI is InChI=1S/C43H57N7O10/c1-25(2)35(52)22-46-43(57)40(50(7)39(54)24-48-42(56)32-11-8-26(3)18-27(32)4)31-10-13-37(59-17-15-45)34(21-31)33-20-30(9-12-36(33)58-16-14-44)19-28(5)41(55)47-23-38(53)49-60-29(6)51/h8-13,18,20-21,25,28,40H,14-17,19,22-24,44-45H2,1-7H3,(H,46,57)(H,47,55)(H,48,56)(H,49,53). The lowest BCUT2D eigenvalue weighted by Crippen LogP contribution is -2.46. The number of benzene rings is 3. The average Bonchev–Trinajstić information content (AvgIpc) is 3.21. The molecule has 5 amide bonds. The lowest BCUT2D eigenvalue weighted by Gasteiger charge is -2.29. The Morgan fingerprint density at radius 2 is 1.35 bits per heavy atom. The van der Waals surface area contributed by atoms with E-state index in [9.17, 15) is 33.6 Å². The van der Waals surface area contributed by atoms with Crippen molar-refractivity contribution in [1.82, 2.24) is 26.3 Å². The second-order valence-corrected chi connectivity index (χ2v) is 14.5. The Labute approximate surface area is 350 Å². The first-order valence-electron chi connectivity index (χ1n) is 19.6. The molecule has 0 spiro atoms. The van der Waals surface area contributed by atoms with Gasteiger partial charge in [0.15, 0.2) is 5.78 Å². The minimum Gasteiger partial charge on any atom is -0.492 e. The largest absolute Gasteiger partial charge is 0.492 e. The van der Waals surface area contributed by atoms with Crippen LogP contribution >= 0.6 is 0 Å². The number of hydroxylamine groups is 1. The number of nitrogens with two attached hydrogens (primary N) is 2. The number of hydrogen-bond acceptors (Lipinski definition) is 12. The van der Waals surface area contributed by atoms with Gasteiger partial charge in [0, 0.05) is 55.6 Å². The van der Waals surface area contributed by atoms with Gasteiger partial charge >= 0.3 is 5.97 Å². The fourth-order valence-electron chi connectivity index (χ4n) is 6.00. The summed E-state index contributed by atoms with van der Waals surface area (Å²) < 4.78 is 12.1. The number of ketones is 1. The van der Waals surface area contributed by atoms with Crippen LogP contribution in [0.2, 0.25) is 0 Å². The molecule has 3 aromatic carbocycles. The molecular formula is C43H57N7O10. The van der Waals surface area contributed by atoms with E-state index in [1.165, 1.54) is 11.9 Å². The minimum atomic E-state index is -1.28. The number of rotatable bonds is 21. The molecule has 3 aromatic rings. The van der Waals surface area contributed by atoms with Gasteiger partial charge in [-0.05, 0) is 67.3 Å². The number of Topliss-reactive ketones (excluding diaryl/α,β-unsaturated/α-hetero) is 1. The van der Waals surface area contributed by atoms with Crippen molar-refractivity contribution in [2.75, 3.05) is 53.0 Å². The van der Waals surface area contributed by atoms with Crippen molar-refractivity contribution in [3.05, 3.63) is 82.4 Å². The van der Waals surface area contributed by atoms with Crippen molar-refractivity contribution < 1.29 is 47.9 Å². The molecule has 0 aromatic heterocycles. The molecule has 0 aliphatic carbocycles. The van der Waals surface area contributed by atoms with Crippen LogP contribution in [0.3, 0.4) is 0 Å². The quantitative estimate of drug-likeness (QED) is 0.0842. The summed E-state index contributed by atoms with van der Waals surface area (Å²) in [5.74, 6) is -3.96. The van der Waals surface area contributed by atoms with Crippen molar-refractivity contribution >= 4 is 41.3 Å². The normalized spacial score (nSPS) is 11.8. The number of nitrogens with one attached hydrogen (secondary N) is 4. The highest BCUT2D eigenvalue weighted by atomic mass is 16.7. The van der Waals surface area contributed by atoms with Gasteiger partial charge in [0.1, 0.15) is 30.8 Å². The second kappa shape index (κ2) is 23.3. The molecule has 2 atom stereocenters. The van der Waals surface area contributed by atoms with E-state index in [2.05, 4.69) is 20.8 Å². The molecule has 0 heterocycles. The number of amides is 5. The van der Waals surface area contributed by atoms with Gasteiger partial charge in [0.2, 0.25) is 17.7 Å². The van der Waals surface area contributed by atoms with Crippen molar-refractivity contribution in [2.45, 2.75) is 54.0 Å². The number of carbonyl (C=O) groups is 7. The lowest BCUT2D eigenvalue weighted by molar-refractivity contribution is -0.155. The molecule has 0 bridgehead atoms. The smallest absolute Gasteiger partial charge is 0.329 e. The van der Waals surface area contributed by atoms with Crippen LogP contribution in [0.5, 0.6) is 11.5 Å². The van der Waals surface area contributed by atoms with E-state index in [-0.39, 0.29) is 51.0 Å². The van der Waals surface area contributed by atoms with Crippen LogP contribution in [0.4, 0.5) is 0 Å². The van der Waals surface area contributed by atoms with E-state index in [1.807, 2.05) is 18.5 Å². The molecule has 17 nitrogen and oxygen atoms in total. The summed E-state index contributed by atoms with van der Waals surface area (Å²) in [5, 5.41) is 7.86. The minimum absolute atomic E-state index is 0.132. The van der Waals surface area contributed by atoms with Crippen LogP contribution in [0.25, 0.3) is 11.1 Å². The van der Waals surface area contributed by atoms with Crippen LogP contribution in [0.1, 0.15) is 66.3 Å². The Hall–Kier alpha value is -6.33. The number of ether oxygens (including phenoxy) is 2. The third kappa shape index (κ3) is 14.2. The van der Waals surface area contributed by atoms with E-state index in [0.29, 0.717) is 39.3 Å². The predicted molar refractivity (Wildman–Crippen MR) is 223 cm³/mol. The van der Waals surface area contributed by atoms with Crippen LogP contribution in [0.15, 0.2) is 54.6 Å². The van der Waals surface area contributed by atoms with Gasteiger partial charge < -0.3 is 46.6 Å². The Bertz CT molecular complexity index is 2040. The summed E-state index contributed by atoms with van der Waals surface area (Å²) in [5.41, 5.74) is 17.7. The maximum atomic E-state index is 14.1. The van der Waals surface area contributed by atoms with Gasteiger partial charge in [-0.3, -0.25) is 33.6 Å². The zero-order valence-electron chi connectivity index (χ0n) is 35.3. The molecule has 2 unspecified atom stereocenters. The van der Waals surface area contributed by atoms with Gasteiger partial charge in [-0.1, -0.05) is 50.6 Å². The first kappa shape index (κ1) is 48.0. The highest BCUT2D eigenvalue weighted by Gasteiger charge is 2.31. The third-order valence-corrected chi connectivity index (χ3v) is 9.26. The molecule has 0 aliphatic rings. The topological polar surface area (TPSA) is 251 Å². The average molecular weight is 832 g/mol. The van der Waals surface area contributed by atoms with E-state index in [1.54, 1.807) is 76.2 Å². The Kier molecular flexibility index (Phi) is 18.7. The molecule has 60 heavy (non-hydrogen) atoms. The predicted octanol–water partition coefficient (Wildman–Crippen LogP) is 1.81. The van der Waals surface area contributed by atoms with E-state index < -0.39 is 60.6 Å². The maximum Gasteiger partial charge on any atom is 0.329 e. The highest BCUT2D eigenvalue weighted by Crippen LogP contribution is 2.40. The number of hydrogen-bond donors (Lipinski definition) is 6. The maximum absolute atomic E-state index is 14.1. The third-order valence-electron chi connectivity index (χ3n) is 9.26. The number of carbonyl (C=O) groups excluding carboxylic acids is 7. The van der Waals surface area contributed by atoms with E-state index >= 15 is 0 Å². The van der Waals surface area contributed by atoms with Crippen molar-refractivity contribution in [3.63, 3.8) is 0 Å². The monoisotopic (exact) mass is 831 g/mol. The van der Waals surface area contributed by atoms with E-state index in [4.69, 9.17) is 20.9 Å². The SMILES string of the molecule is CC(=O)ONC(=O)CNC(=O)C(C)Cc1ccc(OCCN)c(-c2cc(C(C(=O)NCC(=O)C(C)C)N(C)C(=O)CNC(=O)c3ccc(C)cc3C)ccc2OCCN)c1. The molecule has 0 saturated heterocycles. The van der Waals surface area contributed by atoms with E-state index in [0.717, 1.165) is 18.1 Å². The molecule has 17 heteroatoms. The Balaban J connectivity index is 2.06. The van der Waals surface area contributed by atoms with Crippen LogP contribution in [-0.2, 0) is 40.0 Å². The molecule has 8 N–H and O–H groups in total. The summed E-state index contributed by atoms with van der Waals surface area (Å²) in [6.45, 7) is 9.48. The number of aryl methyl sites for hydroxylation is 2. The van der Waals surface area contributed by atoms with Crippen molar-refractivity contribution in [3.8, 4) is 22.6 Å². The van der Waals surface area contributed by atoms with Crippen LogP contribution < -0.4 is 42.4 Å².